The van der Waals surface area contributed by atoms with Gasteiger partial charge in [0.2, 0.25) is 0 Å². The lowest BCUT2D eigenvalue weighted by molar-refractivity contribution is -0.594. The average molecular weight is 331 g/mol. The van der Waals surface area contributed by atoms with Crippen LogP contribution < -0.4 is 10.6 Å². The first kappa shape index (κ1) is 16.1. The van der Waals surface area contributed by atoms with Gasteiger partial charge in [-0.15, -0.1) is 0 Å². The third kappa shape index (κ3) is 4.13. The lowest BCUT2D eigenvalue weighted by atomic mass is 9.98. The summed E-state index contributed by atoms with van der Waals surface area (Å²) in [5.41, 5.74) is 3.29. The van der Waals surface area contributed by atoms with Crippen molar-refractivity contribution >= 4 is 34.4 Å². The normalized spacial score (nSPS) is 16.7. The largest absolute Gasteiger partial charge is 0.319 e. The predicted octanol–water partition coefficient (Wildman–Crippen LogP) is 1.84. The van der Waals surface area contributed by atoms with Crippen LogP contribution in [0.5, 0.6) is 0 Å². The first-order valence-electron chi connectivity index (χ1n) is 7.93. The number of allylic oxidation sites excluding steroid dienone is 1. The number of aromatic nitrogens is 2. The maximum absolute atomic E-state index is 7.67. The van der Waals surface area contributed by atoms with Crippen LogP contribution in [0.3, 0.4) is 0 Å². The fraction of sp³-hybridized carbons (Fsp3) is 0.353. The molecule has 1 aliphatic rings. The van der Waals surface area contributed by atoms with Crippen LogP contribution in [0.4, 0.5) is 0 Å². The van der Waals surface area contributed by atoms with E-state index in [-0.39, 0.29) is 0 Å². The molecule has 1 aliphatic heterocycles. The Bertz CT molecular complexity index is 722. The lowest BCUT2D eigenvalue weighted by Crippen LogP contribution is -2.80. The number of nitrogens with two attached hydrogens (primary N) is 1. The summed E-state index contributed by atoms with van der Waals surface area (Å²) < 4.78 is 0. The number of quaternary nitrogens is 1. The molecule has 4 N–H and O–H groups in total. The molecule has 23 heavy (non-hydrogen) atoms. The van der Waals surface area contributed by atoms with Crippen LogP contribution in [0.15, 0.2) is 30.6 Å². The number of pyridine rings is 2. The van der Waals surface area contributed by atoms with Gasteiger partial charge in [-0.25, -0.2) is 4.98 Å². The third-order valence-electron chi connectivity index (χ3n) is 4.22. The summed E-state index contributed by atoms with van der Waals surface area (Å²) in [6, 6.07) is 5.52. The highest BCUT2D eigenvalue weighted by molar-refractivity contribution is 6.29. The van der Waals surface area contributed by atoms with Crippen LogP contribution in [0.1, 0.15) is 18.4 Å². The number of hydrogen-bond donors (Lipinski definition) is 3. The first-order valence-corrected chi connectivity index (χ1v) is 8.31. The van der Waals surface area contributed by atoms with Crippen molar-refractivity contribution in [3.8, 4) is 0 Å². The van der Waals surface area contributed by atoms with Gasteiger partial charge in [0, 0.05) is 23.9 Å². The zero-order valence-electron chi connectivity index (χ0n) is 12.9. The fourth-order valence-corrected chi connectivity index (χ4v) is 3.03. The Morgan fingerprint density at radius 2 is 2.17 bits per heavy atom. The van der Waals surface area contributed by atoms with E-state index in [1.807, 2.05) is 18.3 Å². The van der Waals surface area contributed by atoms with E-state index in [0.29, 0.717) is 5.15 Å². The van der Waals surface area contributed by atoms with Crippen molar-refractivity contribution in [2.75, 3.05) is 19.6 Å². The van der Waals surface area contributed by atoms with Crippen molar-refractivity contribution in [3.05, 3.63) is 41.3 Å². The first-order chi connectivity index (χ1) is 11.3. The highest BCUT2D eigenvalue weighted by Crippen LogP contribution is 2.18. The Morgan fingerprint density at radius 1 is 1.35 bits per heavy atom. The highest BCUT2D eigenvalue weighted by Gasteiger charge is 2.14. The van der Waals surface area contributed by atoms with Crippen LogP contribution >= 0.6 is 11.6 Å². The zero-order chi connectivity index (χ0) is 16.1. The Kier molecular flexibility index (Phi) is 5.33. The predicted molar refractivity (Wildman–Crippen MR) is 93.7 cm³/mol. The maximum atomic E-state index is 7.67. The van der Waals surface area contributed by atoms with Gasteiger partial charge in [-0.2, -0.15) is 0 Å². The maximum Gasteiger partial charge on any atom is 0.129 e. The minimum Gasteiger partial charge on any atom is -0.319 e. The van der Waals surface area contributed by atoms with Gasteiger partial charge in [-0.05, 0) is 44.1 Å². The van der Waals surface area contributed by atoms with E-state index in [9.17, 15) is 0 Å². The summed E-state index contributed by atoms with van der Waals surface area (Å²) in [5.74, 6) is 0.745. The summed E-state index contributed by atoms with van der Waals surface area (Å²) in [6.07, 6.45) is 7.62. The van der Waals surface area contributed by atoms with E-state index in [0.717, 1.165) is 47.7 Å². The van der Waals surface area contributed by atoms with E-state index >= 15 is 0 Å². The molecule has 0 radical (unpaired) electrons. The molecular formula is C17H21ClN5+. The number of rotatable bonds is 5. The fourth-order valence-electron chi connectivity index (χ4n) is 2.87. The standard InChI is InChI=1S/C17H20ClN5/c18-17-2-1-15-16(23-17)7-13(11-22-15)14(8-19)10-21-9-12-3-5-20-6-4-12/h1-2,7-8,10-12,19-21H,3-6,9H2/p+1/b14-10+,19-8?. The molecular weight excluding hydrogens is 310 g/mol. The van der Waals surface area contributed by atoms with Gasteiger partial charge in [0.1, 0.15) is 11.4 Å². The second kappa shape index (κ2) is 7.64. The SMILES string of the molecule is N=C/C(=C\[NH2+]CC1CCNCC1)c1cnc2ccc(Cl)nc2c1. The average Bonchev–Trinajstić information content (AvgIpc) is 2.59. The number of nitrogens with one attached hydrogen (secondary N) is 2. The number of halogens is 1. The molecule has 1 saturated heterocycles. The Hall–Kier alpha value is -1.82. The van der Waals surface area contributed by atoms with Crippen molar-refractivity contribution in [2.45, 2.75) is 12.8 Å². The van der Waals surface area contributed by atoms with Gasteiger partial charge in [0.15, 0.2) is 0 Å². The highest BCUT2D eigenvalue weighted by atomic mass is 35.5. The molecule has 1 fully saturated rings. The van der Waals surface area contributed by atoms with Gasteiger partial charge in [-0.3, -0.25) is 4.98 Å². The second-order valence-corrected chi connectivity index (χ2v) is 6.21. The summed E-state index contributed by atoms with van der Waals surface area (Å²) in [6.45, 7) is 3.28. The smallest absolute Gasteiger partial charge is 0.129 e. The van der Waals surface area contributed by atoms with Crippen LogP contribution in [0.2, 0.25) is 5.15 Å². The molecule has 0 saturated carbocycles. The number of hydrogen-bond acceptors (Lipinski definition) is 4. The van der Waals surface area contributed by atoms with Crippen molar-refractivity contribution in [1.82, 2.24) is 15.3 Å². The van der Waals surface area contributed by atoms with Crippen molar-refractivity contribution in [2.24, 2.45) is 5.92 Å². The number of piperidine rings is 1. The monoisotopic (exact) mass is 330 g/mol. The Balaban J connectivity index is 1.74. The molecule has 6 heteroatoms. The van der Waals surface area contributed by atoms with E-state index < -0.39 is 0 Å². The molecule has 0 spiro atoms. The van der Waals surface area contributed by atoms with Crippen LogP contribution in [-0.2, 0) is 0 Å². The molecule has 2 aromatic rings. The van der Waals surface area contributed by atoms with Crippen LogP contribution in [0, 0.1) is 11.3 Å². The molecule has 0 atom stereocenters. The van der Waals surface area contributed by atoms with Gasteiger partial charge in [0.05, 0.1) is 23.2 Å². The van der Waals surface area contributed by atoms with E-state index in [4.69, 9.17) is 17.0 Å². The van der Waals surface area contributed by atoms with Crippen LogP contribution in [0.25, 0.3) is 16.6 Å². The topological polar surface area (TPSA) is 78.3 Å². The number of nitrogens with zero attached hydrogens (tertiary/aromatic N) is 2. The Labute approximate surface area is 140 Å². The van der Waals surface area contributed by atoms with Gasteiger partial charge >= 0.3 is 0 Å². The van der Waals surface area contributed by atoms with Gasteiger partial charge < -0.3 is 16.0 Å². The van der Waals surface area contributed by atoms with Crippen molar-refractivity contribution in [3.63, 3.8) is 0 Å². The minimum atomic E-state index is 0.453. The van der Waals surface area contributed by atoms with E-state index in [1.165, 1.54) is 19.1 Å². The summed E-state index contributed by atoms with van der Waals surface area (Å²) >= 11 is 5.94. The molecule has 0 aliphatic carbocycles. The zero-order valence-corrected chi connectivity index (χ0v) is 13.7. The molecule has 5 nitrogen and oxygen atoms in total. The van der Waals surface area contributed by atoms with E-state index in [2.05, 4.69) is 20.6 Å². The molecule has 120 valence electrons. The van der Waals surface area contributed by atoms with Gasteiger partial charge in [-0.1, -0.05) is 11.6 Å². The molecule has 0 unspecified atom stereocenters. The number of fused-ring (bicyclic) bond motifs is 1. The third-order valence-corrected chi connectivity index (χ3v) is 4.43. The second-order valence-electron chi connectivity index (χ2n) is 5.83. The van der Waals surface area contributed by atoms with Gasteiger partial charge in [0.25, 0.3) is 0 Å². The van der Waals surface area contributed by atoms with Crippen LogP contribution in [-0.4, -0.2) is 35.8 Å². The molecule has 0 bridgehead atoms. The lowest BCUT2D eigenvalue weighted by Gasteiger charge is -2.20. The van der Waals surface area contributed by atoms with Crippen molar-refractivity contribution < 1.29 is 5.32 Å². The summed E-state index contributed by atoms with van der Waals surface area (Å²) in [7, 11) is 0. The summed E-state index contributed by atoms with van der Waals surface area (Å²) in [5, 5.41) is 13.7. The molecule has 0 aromatic carbocycles. The quantitative estimate of drug-likeness (QED) is 0.578. The molecule has 2 aromatic heterocycles. The minimum absolute atomic E-state index is 0.453. The molecule has 3 heterocycles. The van der Waals surface area contributed by atoms with Crippen molar-refractivity contribution in [1.29, 1.82) is 5.41 Å². The summed E-state index contributed by atoms with van der Waals surface area (Å²) in [4.78, 5) is 8.69. The molecule has 3 rings (SSSR count). The Morgan fingerprint density at radius 3 is 2.96 bits per heavy atom. The van der Waals surface area contributed by atoms with E-state index in [1.54, 1.807) is 12.3 Å². The molecule has 0 amide bonds.